The summed E-state index contributed by atoms with van der Waals surface area (Å²) in [6.45, 7) is 9.09. The predicted molar refractivity (Wildman–Crippen MR) is 72.8 cm³/mol. The molecule has 3 heteroatoms. The molecule has 0 aliphatic rings. The van der Waals surface area contributed by atoms with Crippen molar-refractivity contribution in [2.45, 2.75) is 46.2 Å². The number of likely N-dealkylation sites (N-methyl/N-ethyl adjacent to an activating group) is 1. The fourth-order valence-electron chi connectivity index (χ4n) is 2.18. The van der Waals surface area contributed by atoms with Crippen LogP contribution in [0.5, 0.6) is 0 Å². The Morgan fingerprint density at radius 2 is 2.12 bits per heavy atom. The average Bonchev–Trinajstić information content (AvgIpc) is 2.33. The Bertz CT molecular complexity index is 325. The predicted octanol–water partition coefficient (Wildman–Crippen LogP) is 2.34. The van der Waals surface area contributed by atoms with Gasteiger partial charge in [-0.15, -0.1) is 0 Å². The molecule has 0 amide bonds. The molecule has 0 spiro atoms. The van der Waals surface area contributed by atoms with Gasteiger partial charge in [0, 0.05) is 24.8 Å². The molecule has 0 saturated carbocycles. The van der Waals surface area contributed by atoms with Crippen molar-refractivity contribution in [2.75, 3.05) is 13.1 Å². The molecule has 0 aliphatic heterocycles. The largest absolute Gasteiger partial charge is 0.329 e. The van der Waals surface area contributed by atoms with Crippen molar-refractivity contribution in [1.82, 2.24) is 9.88 Å². The van der Waals surface area contributed by atoms with Crippen molar-refractivity contribution in [3.8, 4) is 0 Å². The summed E-state index contributed by atoms with van der Waals surface area (Å²) in [5.74, 6) is 0. The molecule has 0 aliphatic carbocycles. The number of pyridine rings is 1. The first-order chi connectivity index (χ1) is 8.21. The summed E-state index contributed by atoms with van der Waals surface area (Å²) < 4.78 is 0. The highest BCUT2D eigenvalue weighted by atomic mass is 15.2. The van der Waals surface area contributed by atoms with Gasteiger partial charge in [-0.2, -0.15) is 0 Å². The molecule has 3 nitrogen and oxygen atoms in total. The van der Waals surface area contributed by atoms with Crippen LogP contribution in [0.2, 0.25) is 0 Å². The normalized spacial score (nSPS) is 13.0. The third-order valence-electron chi connectivity index (χ3n) is 3.13. The van der Waals surface area contributed by atoms with E-state index in [4.69, 9.17) is 5.73 Å². The van der Waals surface area contributed by atoms with Crippen LogP contribution in [0.25, 0.3) is 0 Å². The molecule has 96 valence electrons. The Kier molecular flexibility index (Phi) is 6.16. The van der Waals surface area contributed by atoms with Crippen LogP contribution in [0.4, 0.5) is 0 Å². The van der Waals surface area contributed by atoms with Gasteiger partial charge in [0.2, 0.25) is 0 Å². The molecule has 1 heterocycles. The van der Waals surface area contributed by atoms with Crippen molar-refractivity contribution in [3.63, 3.8) is 0 Å². The smallest absolute Gasteiger partial charge is 0.0547 e. The summed E-state index contributed by atoms with van der Waals surface area (Å²) in [6, 6.07) is 6.68. The monoisotopic (exact) mass is 235 g/mol. The van der Waals surface area contributed by atoms with Crippen LogP contribution >= 0.6 is 0 Å². The highest BCUT2D eigenvalue weighted by molar-refractivity contribution is 5.09. The standard InChI is InChI=1S/C14H25N3/c1-4-7-14(10-15)17(5-2)11-13-9-6-8-12(3)16-13/h6,8-9,14H,4-5,7,10-11,15H2,1-3H3. The van der Waals surface area contributed by atoms with Gasteiger partial charge in [-0.1, -0.05) is 26.3 Å². The SMILES string of the molecule is CCCC(CN)N(CC)Cc1cccc(C)n1. The highest BCUT2D eigenvalue weighted by Crippen LogP contribution is 2.10. The minimum Gasteiger partial charge on any atom is -0.329 e. The molecule has 0 saturated heterocycles. The Hall–Kier alpha value is -0.930. The van der Waals surface area contributed by atoms with Crippen LogP contribution in [0.3, 0.4) is 0 Å². The van der Waals surface area contributed by atoms with E-state index in [1.165, 1.54) is 6.42 Å². The van der Waals surface area contributed by atoms with Crippen molar-refractivity contribution >= 4 is 0 Å². The zero-order valence-corrected chi connectivity index (χ0v) is 11.3. The van der Waals surface area contributed by atoms with E-state index in [1.54, 1.807) is 0 Å². The quantitative estimate of drug-likeness (QED) is 0.788. The van der Waals surface area contributed by atoms with Crippen molar-refractivity contribution in [3.05, 3.63) is 29.6 Å². The molecular weight excluding hydrogens is 210 g/mol. The number of aryl methyl sites for hydroxylation is 1. The number of hydrogen-bond donors (Lipinski definition) is 1. The molecule has 0 bridgehead atoms. The first kappa shape index (κ1) is 14.1. The van der Waals surface area contributed by atoms with Crippen molar-refractivity contribution < 1.29 is 0 Å². The van der Waals surface area contributed by atoms with E-state index in [0.717, 1.165) is 37.4 Å². The fourth-order valence-corrected chi connectivity index (χ4v) is 2.18. The summed E-state index contributed by atoms with van der Waals surface area (Å²) in [5, 5.41) is 0. The van der Waals surface area contributed by atoms with E-state index in [2.05, 4.69) is 35.9 Å². The molecule has 1 atom stereocenters. The lowest BCUT2D eigenvalue weighted by atomic mass is 10.1. The van der Waals surface area contributed by atoms with Crippen LogP contribution in [0.1, 0.15) is 38.1 Å². The number of hydrogen-bond acceptors (Lipinski definition) is 3. The van der Waals surface area contributed by atoms with Crippen LogP contribution in [-0.2, 0) is 6.54 Å². The van der Waals surface area contributed by atoms with Gasteiger partial charge in [0.25, 0.3) is 0 Å². The minimum atomic E-state index is 0.479. The van der Waals surface area contributed by atoms with Gasteiger partial charge < -0.3 is 5.73 Å². The van der Waals surface area contributed by atoms with Crippen LogP contribution < -0.4 is 5.73 Å². The molecule has 0 fully saturated rings. The van der Waals surface area contributed by atoms with Gasteiger partial charge in [-0.3, -0.25) is 9.88 Å². The Balaban J connectivity index is 2.68. The third-order valence-corrected chi connectivity index (χ3v) is 3.13. The topological polar surface area (TPSA) is 42.1 Å². The highest BCUT2D eigenvalue weighted by Gasteiger charge is 2.15. The number of nitrogens with two attached hydrogens (primary N) is 1. The van der Waals surface area contributed by atoms with Crippen molar-refractivity contribution in [2.24, 2.45) is 5.73 Å². The average molecular weight is 235 g/mol. The maximum absolute atomic E-state index is 5.86. The molecule has 0 aromatic carbocycles. The summed E-state index contributed by atoms with van der Waals surface area (Å²) >= 11 is 0. The zero-order chi connectivity index (χ0) is 12.7. The first-order valence-corrected chi connectivity index (χ1v) is 6.57. The lowest BCUT2D eigenvalue weighted by Crippen LogP contribution is -2.40. The Morgan fingerprint density at radius 3 is 2.65 bits per heavy atom. The van der Waals surface area contributed by atoms with E-state index >= 15 is 0 Å². The Labute approximate surface area is 105 Å². The maximum atomic E-state index is 5.86. The van der Waals surface area contributed by atoms with Gasteiger partial charge in [0.05, 0.1) is 5.69 Å². The molecule has 1 unspecified atom stereocenters. The lowest BCUT2D eigenvalue weighted by Gasteiger charge is -2.29. The molecule has 2 N–H and O–H groups in total. The second-order valence-electron chi connectivity index (χ2n) is 4.51. The van der Waals surface area contributed by atoms with Crippen molar-refractivity contribution in [1.29, 1.82) is 0 Å². The summed E-state index contributed by atoms with van der Waals surface area (Å²) in [5.41, 5.74) is 8.08. The summed E-state index contributed by atoms with van der Waals surface area (Å²) in [4.78, 5) is 6.98. The summed E-state index contributed by atoms with van der Waals surface area (Å²) in [7, 11) is 0. The van der Waals surface area contributed by atoms with E-state index in [1.807, 2.05) is 13.0 Å². The minimum absolute atomic E-state index is 0.479. The first-order valence-electron chi connectivity index (χ1n) is 6.57. The van der Waals surface area contributed by atoms with Gasteiger partial charge in [0.15, 0.2) is 0 Å². The lowest BCUT2D eigenvalue weighted by molar-refractivity contribution is 0.189. The fraction of sp³-hybridized carbons (Fsp3) is 0.643. The van der Waals surface area contributed by atoms with Gasteiger partial charge in [-0.05, 0) is 32.0 Å². The number of aromatic nitrogens is 1. The zero-order valence-electron chi connectivity index (χ0n) is 11.3. The molecule has 1 aromatic rings. The summed E-state index contributed by atoms with van der Waals surface area (Å²) in [6.07, 6.45) is 2.34. The van der Waals surface area contributed by atoms with Gasteiger partial charge >= 0.3 is 0 Å². The molecule has 1 rings (SSSR count). The number of nitrogens with zero attached hydrogens (tertiary/aromatic N) is 2. The molecule has 17 heavy (non-hydrogen) atoms. The van der Waals surface area contributed by atoms with E-state index < -0.39 is 0 Å². The van der Waals surface area contributed by atoms with Crippen LogP contribution in [0.15, 0.2) is 18.2 Å². The Morgan fingerprint density at radius 1 is 1.35 bits per heavy atom. The second kappa shape index (κ2) is 7.41. The van der Waals surface area contributed by atoms with E-state index in [-0.39, 0.29) is 0 Å². The van der Waals surface area contributed by atoms with Gasteiger partial charge in [0.1, 0.15) is 0 Å². The maximum Gasteiger partial charge on any atom is 0.0547 e. The van der Waals surface area contributed by atoms with Gasteiger partial charge in [-0.25, -0.2) is 0 Å². The van der Waals surface area contributed by atoms with Crippen LogP contribution in [0, 0.1) is 6.92 Å². The third kappa shape index (κ3) is 4.44. The molecule has 0 radical (unpaired) electrons. The van der Waals surface area contributed by atoms with Crippen LogP contribution in [-0.4, -0.2) is 29.0 Å². The molecule has 1 aromatic heterocycles. The second-order valence-corrected chi connectivity index (χ2v) is 4.51. The number of rotatable bonds is 7. The van der Waals surface area contributed by atoms with E-state index in [9.17, 15) is 0 Å². The van der Waals surface area contributed by atoms with E-state index in [0.29, 0.717) is 6.04 Å². The molecular formula is C14H25N3.